The molecule has 0 aliphatic heterocycles. The number of rotatable bonds is 4. The number of hydrogen-bond acceptors (Lipinski definition) is 3. The summed E-state index contributed by atoms with van der Waals surface area (Å²) in [5.74, 6) is 0.296. The molecule has 0 saturated heterocycles. The highest BCUT2D eigenvalue weighted by molar-refractivity contribution is 5.42. The highest BCUT2D eigenvalue weighted by Crippen LogP contribution is 2.28. The predicted molar refractivity (Wildman–Crippen MR) is 56.9 cm³/mol. The van der Waals surface area contributed by atoms with Crippen molar-refractivity contribution in [2.24, 2.45) is 5.73 Å². The summed E-state index contributed by atoms with van der Waals surface area (Å²) in [4.78, 5) is 0. The van der Waals surface area contributed by atoms with E-state index in [2.05, 4.69) is 0 Å². The van der Waals surface area contributed by atoms with Crippen LogP contribution in [0.1, 0.15) is 12.5 Å². The van der Waals surface area contributed by atoms with Crippen molar-refractivity contribution in [1.82, 2.24) is 0 Å². The van der Waals surface area contributed by atoms with Gasteiger partial charge in [0.05, 0.1) is 14.2 Å². The summed E-state index contributed by atoms with van der Waals surface area (Å²) in [5, 5.41) is 0. The van der Waals surface area contributed by atoms with Crippen LogP contribution in [0.25, 0.3) is 0 Å². The van der Waals surface area contributed by atoms with Crippen molar-refractivity contribution in [2.45, 2.75) is 19.4 Å². The van der Waals surface area contributed by atoms with Crippen molar-refractivity contribution in [2.75, 3.05) is 14.2 Å². The van der Waals surface area contributed by atoms with Crippen molar-refractivity contribution in [3.05, 3.63) is 23.5 Å². The van der Waals surface area contributed by atoms with Gasteiger partial charge in [-0.1, -0.05) is 0 Å². The highest BCUT2D eigenvalue weighted by Gasteiger charge is 2.13. The molecule has 84 valence electrons. The molecule has 0 saturated carbocycles. The Balaban J connectivity index is 3.13. The van der Waals surface area contributed by atoms with E-state index in [-0.39, 0.29) is 11.8 Å². The molecule has 1 aromatic rings. The van der Waals surface area contributed by atoms with Crippen LogP contribution in [0.15, 0.2) is 12.1 Å². The van der Waals surface area contributed by atoms with Gasteiger partial charge in [0.1, 0.15) is 5.75 Å². The summed E-state index contributed by atoms with van der Waals surface area (Å²) in [5.41, 5.74) is 6.40. The van der Waals surface area contributed by atoms with E-state index in [9.17, 15) is 4.39 Å². The van der Waals surface area contributed by atoms with Gasteiger partial charge in [0.25, 0.3) is 0 Å². The summed E-state index contributed by atoms with van der Waals surface area (Å²) < 4.78 is 23.5. The van der Waals surface area contributed by atoms with Crippen LogP contribution in [-0.2, 0) is 6.42 Å². The summed E-state index contributed by atoms with van der Waals surface area (Å²) in [6.45, 7) is 1.86. The van der Waals surface area contributed by atoms with Crippen molar-refractivity contribution in [3.8, 4) is 11.5 Å². The average molecular weight is 213 g/mol. The van der Waals surface area contributed by atoms with E-state index in [1.54, 1.807) is 6.07 Å². The van der Waals surface area contributed by atoms with Gasteiger partial charge in [0, 0.05) is 17.7 Å². The van der Waals surface area contributed by atoms with Crippen LogP contribution in [0.4, 0.5) is 4.39 Å². The Hall–Kier alpha value is -1.29. The van der Waals surface area contributed by atoms with Gasteiger partial charge in [0.2, 0.25) is 0 Å². The van der Waals surface area contributed by atoms with Gasteiger partial charge in [-0.3, -0.25) is 0 Å². The van der Waals surface area contributed by atoms with Crippen molar-refractivity contribution in [3.63, 3.8) is 0 Å². The molecule has 0 amide bonds. The minimum atomic E-state index is -0.424. The van der Waals surface area contributed by atoms with E-state index in [1.165, 1.54) is 20.3 Å². The molecule has 1 atom stereocenters. The fourth-order valence-electron chi connectivity index (χ4n) is 1.47. The second-order valence-corrected chi connectivity index (χ2v) is 3.48. The Kier molecular flexibility index (Phi) is 3.91. The van der Waals surface area contributed by atoms with E-state index in [4.69, 9.17) is 15.2 Å². The lowest BCUT2D eigenvalue weighted by molar-refractivity contribution is 0.371. The van der Waals surface area contributed by atoms with Gasteiger partial charge in [-0.05, 0) is 19.4 Å². The lowest BCUT2D eigenvalue weighted by Gasteiger charge is -2.13. The molecule has 1 aromatic carbocycles. The Morgan fingerprint density at radius 1 is 1.33 bits per heavy atom. The maximum Gasteiger partial charge on any atom is 0.169 e. The summed E-state index contributed by atoms with van der Waals surface area (Å²) >= 11 is 0. The molecule has 0 radical (unpaired) electrons. The zero-order valence-electron chi connectivity index (χ0n) is 9.21. The van der Waals surface area contributed by atoms with Gasteiger partial charge in [-0.15, -0.1) is 0 Å². The fraction of sp³-hybridized carbons (Fsp3) is 0.455. The number of nitrogens with two attached hydrogens (primary N) is 1. The van der Waals surface area contributed by atoms with Gasteiger partial charge >= 0.3 is 0 Å². The monoisotopic (exact) mass is 213 g/mol. The average Bonchev–Trinajstić information content (AvgIpc) is 2.16. The van der Waals surface area contributed by atoms with E-state index in [0.29, 0.717) is 12.2 Å². The first-order valence-corrected chi connectivity index (χ1v) is 4.74. The van der Waals surface area contributed by atoms with Gasteiger partial charge < -0.3 is 15.2 Å². The van der Waals surface area contributed by atoms with Crippen LogP contribution in [0.3, 0.4) is 0 Å². The second-order valence-electron chi connectivity index (χ2n) is 3.48. The van der Waals surface area contributed by atoms with Crippen LogP contribution in [0.5, 0.6) is 11.5 Å². The lowest BCUT2D eigenvalue weighted by Crippen LogP contribution is -2.18. The molecule has 2 N–H and O–H groups in total. The predicted octanol–water partition coefficient (Wildman–Crippen LogP) is 1.73. The number of ether oxygens (including phenoxy) is 2. The quantitative estimate of drug-likeness (QED) is 0.828. The van der Waals surface area contributed by atoms with Crippen LogP contribution >= 0.6 is 0 Å². The minimum Gasteiger partial charge on any atom is -0.497 e. The van der Waals surface area contributed by atoms with Crippen LogP contribution in [0.2, 0.25) is 0 Å². The fourth-order valence-corrected chi connectivity index (χ4v) is 1.47. The first-order chi connectivity index (χ1) is 7.08. The number of halogens is 1. The Morgan fingerprint density at radius 2 is 2.00 bits per heavy atom. The number of hydrogen-bond donors (Lipinski definition) is 1. The zero-order chi connectivity index (χ0) is 11.4. The summed E-state index contributed by atoms with van der Waals surface area (Å²) in [7, 11) is 2.94. The van der Waals surface area contributed by atoms with Crippen molar-refractivity contribution in [1.29, 1.82) is 0 Å². The number of benzene rings is 1. The molecule has 0 aliphatic rings. The Bertz CT molecular complexity index is 340. The normalized spacial score (nSPS) is 12.3. The molecular formula is C11H16FNO2. The first kappa shape index (κ1) is 11.8. The van der Waals surface area contributed by atoms with E-state index in [0.717, 1.165) is 5.56 Å². The molecule has 1 rings (SSSR count). The van der Waals surface area contributed by atoms with Crippen molar-refractivity contribution >= 4 is 0 Å². The molecule has 0 bridgehead atoms. The number of methoxy groups -OCH3 is 2. The molecule has 0 heterocycles. The van der Waals surface area contributed by atoms with Gasteiger partial charge in [-0.25, -0.2) is 4.39 Å². The largest absolute Gasteiger partial charge is 0.497 e. The summed E-state index contributed by atoms with van der Waals surface area (Å²) in [6.07, 6.45) is 0.553. The lowest BCUT2D eigenvalue weighted by atomic mass is 10.1. The topological polar surface area (TPSA) is 44.5 Å². The maximum absolute atomic E-state index is 13.5. The molecule has 0 aliphatic carbocycles. The van der Waals surface area contributed by atoms with Crippen LogP contribution in [0, 0.1) is 5.82 Å². The smallest absolute Gasteiger partial charge is 0.169 e. The van der Waals surface area contributed by atoms with Crippen LogP contribution < -0.4 is 15.2 Å². The van der Waals surface area contributed by atoms with Gasteiger partial charge in [-0.2, -0.15) is 0 Å². The minimum absolute atomic E-state index is 0.0505. The van der Waals surface area contributed by atoms with Gasteiger partial charge in [0.15, 0.2) is 11.6 Å². The van der Waals surface area contributed by atoms with Crippen LogP contribution in [-0.4, -0.2) is 20.3 Å². The third-order valence-corrected chi connectivity index (χ3v) is 2.08. The third kappa shape index (κ3) is 2.83. The molecule has 3 nitrogen and oxygen atoms in total. The van der Waals surface area contributed by atoms with E-state index in [1.807, 2.05) is 6.92 Å². The van der Waals surface area contributed by atoms with E-state index >= 15 is 0 Å². The molecule has 15 heavy (non-hydrogen) atoms. The Morgan fingerprint density at radius 3 is 2.47 bits per heavy atom. The second kappa shape index (κ2) is 4.98. The zero-order valence-corrected chi connectivity index (χ0v) is 9.21. The molecule has 0 aromatic heterocycles. The Labute approximate surface area is 89.0 Å². The SMILES string of the molecule is COc1cc(F)c(OC)c(CC(C)N)c1. The first-order valence-electron chi connectivity index (χ1n) is 4.74. The van der Waals surface area contributed by atoms with E-state index < -0.39 is 5.82 Å². The molecule has 4 heteroatoms. The summed E-state index contributed by atoms with van der Waals surface area (Å²) in [6, 6.07) is 2.99. The maximum atomic E-state index is 13.5. The molecule has 0 spiro atoms. The third-order valence-electron chi connectivity index (χ3n) is 2.08. The van der Waals surface area contributed by atoms with Crippen molar-refractivity contribution < 1.29 is 13.9 Å². The highest BCUT2D eigenvalue weighted by atomic mass is 19.1. The molecule has 1 unspecified atom stereocenters. The molecular weight excluding hydrogens is 197 g/mol. The molecule has 0 fully saturated rings. The standard InChI is InChI=1S/C11H16FNO2/c1-7(13)4-8-5-9(14-2)6-10(12)11(8)15-3/h5-7H,4,13H2,1-3H3.